The zero-order chi connectivity index (χ0) is 15.9. The molecule has 118 valence electrons. The van der Waals surface area contributed by atoms with Gasteiger partial charge in [0.25, 0.3) is 0 Å². The number of halogens is 1. The molecule has 21 heavy (non-hydrogen) atoms. The quantitative estimate of drug-likeness (QED) is 0.554. The number of benzene rings is 1. The smallest absolute Gasteiger partial charge is 0.337 e. The maximum Gasteiger partial charge on any atom is 0.337 e. The molecule has 0 saturated heterocycles. The van der Waals surface area contributed by atoms with E-state index in [1.165, 1.54) is 25.3 Å². The second kappa shape index (κ2) is 8.33. The molecule has 0 unspecified atom stereocenters. The number of hydrogen-bond donors (Lipinski definition) is 2. The van der Waals surface area contributed by atoms with Crippen LogP contribution in [0, 0.1) is 0 Å². The van der Waals surface area contributed by atoms with Gasteiger partial charge in [-0.05, 0) is 37.7 Å². The summed E-state index contributed by atoms with van der Waals surface area (Å²) < 4.78 is 31.4. The maximum absolute atomic E-state index is 12.2. The molecule has 0 aliphatic heterocycles. The van der Waals surface area contributed by atoms with E-state index in [-0.39, 0.29) is 22.0 Å². The highest BCUT2D eigenvalue weighted by Gasteiger charge is 2.19. The normalized spacial score (nSPS) is 11.4. The van der Waals surface area contributed by atoms with E-state index in [4.69, 9.17) is 11.6 Å². The highest BCUT2D eigenvalue weighted by Crippen LogP contribution is 2.22. The van der Waals surface area contributed by atoms with Crippen LogP contribution in [0.2, 0.25) is 5.02 Å². The number of hydrogen-bond acceptors (Lipinski definition) is 5. The summed E-state index contributed by atoms with van der Waals surface area (Å²) in [4.78, 5) is 11.3. The minimum atomic E-state index is -3.76. The maximum atomic E-state index is 12.2. The van der Waals surface area contributed by atoms with Crippen molar-refractivity contribution in [2.45, 2.75) is 18.2 Å². The molecule has 0 aromatic heterocycles. The predicted octanol–water partition coefficient (Wildman–Crippen LogP) is 1.40. The highest BCUT2D eigenvalue weighted by atomic mass is 35.5. The van der Waals surface area contributed by atoms with E-state index >= 15 is 0 Å². The van der Waals surface area contributed by atoms with Gasteiger partial charge >= 0.3 is 5.97 Å². The minimum absolute atomic E-state index is 0.0573. The summed E-state index contributed by atoms with van der Waals surface area (Å²) >= 11 is 5.91. The van der Waals surface area contributed by atoms with Gasteiger partial charge in [0.1, 0.15) is 4.90 Å². The van der Waals surface area contributed by atoms with Gasteiger partial charge in [-0.1, -0.05) is 18.5 Å². The fraction of sp³-hybridized carbons (Fsp3) is 0.462. The number of sulfonamides is 1. The third-order valence-electron chi connectivity index (χ3n) is 2.71. The number of carbonyl (C=O) groups is 1. The van der Waals surface area contributed by atoms with Gasteiger partial charge in [-0.15, -0.1) is 0 Å². The Bertz CT molecular complexity index is 590. The second-order valence-corrected chi connectivity index (χ2v) is 6.38. The molecule has 8 heteroatoms. The molecule has 0 amide bonds. The molecule has 0 aliphatic rings. The molecule has 0 spiro atoms. The van der Waals surface area contributed by atoms with Crippen molar-refractivity contribution in [2.75, 3.05) is 26.7 Å². The number of ether oxygens (including phenoxy) is 1. The first-order chi connectivity index (χ1) is 9.92. The van der Waals surface area contributed by atoms with Gasteiger partial charge in [-0.25, -0.2) is 17.9 Å². The molecule has 0 atom stereocenters. The molecule has 1 aromatic carbocycles. The van der Waals surface area contributed by atoms with E-state index in [2.05, 4.69) is 14.8 Å². The van der Waals surface area contributed by atoms with E-state index in [0.29, 0.717) is 6.42 Å². The van der Waals surface area contributed by atoms with Gasteiger partial charge in [0.05, 0.1) is 17.7 Å². The monoisotopic (exact) mass is 334 g/mol. The average molecular weight is 335 g/mol. The Morgan fingerprint density at radius 1 is 1.33 bits per heavy atom. The molecule has 2 N–H and O–H groups in total. The molecule has 6 nitrogen and oxygen atoms in total. The van der Waals surface area contributed by atoms with E-state index in [1.54, 1.807) is 0 Å². The summed E-state index contributed by atoms with van der Waals surface area (Å²) in [6, 6.07) is 3.99. The van der Waals surface area contributed by atoms with E-state index in [0.717, 1.165) is 13.1 Å². The van der Waals surface area contributed by atoms with E-state index in [1.807, 2.05) is 6.92 Å². The van der Waals surface area contributed by atoms with Crippen LogP contribution in [0.3, 0.4) is 0 Å². The number of rotatable bonds is 8. The van der Waals surface area contributed by atoms with Crippen molar-refractivity contribution < 1.29 is 17.9 Å². The van der Waals surface area contributed by atoms with Gasteiger partial charge in [0.15, 0.2) is 0 Å². The summed E-state index contributed by atoms with van der Waals surface area (Å²) in [7, 11) is -2.53. The molecular formula is C13H19ClN2O4S. The van der Waals surface area contributed by atoms with Crippen LogP contribution < -0.4 is 10.0 Å². The Morgan fingerprint density at radius 2 is 2.05 bits per heavy atom. The SMILES string of the molecule is CCNCCCNS(=O)(=O)c1cc(C(=O)OC)ccc1Cl. The Labute approximate surface area is 129 Å². The fourth-order valence-corrected chi connectivity index (χ4v) is 3.23. The largest absolute Gasteiger partial charge is 0.465 e. The van der Waals surface area contributed by atoms with E-state index in [9.17, 15) is 13.2 Å². The third-order valence-corrected chi connectivity index (χ3v) is 4.66. The van der Waals surface area contributed by atoms with Crippen LogP contribution in [-0.2, 0) is 14.8 Å². The Kier molecular flexibility index (Phi) is 7.10. The lowest BCUT2D eigenvalue weighted by atomic mass is 10.2. The van der Waals surface area contributed by atoms with Crippen molar-refractivity contribution in [1.82, 2.24) is 10.0 Å². The molecular weight excluding hydrogens is 316 g/mol. The van der Waals surface area contributed by atoms with Gasteiger partial charge in [-0.3, -0.25) is 0 Å². The summed E-state index contributed by atoms with van der Waals surface area (Å²) in [6.45, 7) is 3.81. The Morgan fingerprint density at radius 3 is 2.67 bits per heavy atom. The average Bonchev–Trinajstić information content (AvgIpc) is 2.46. The van der Waals surface area contributed by atoms with Gasteiger partial charge < -0.3 is 10.1 Å². The van der Waals surface area contributed by atoms with Crippen LogP contribution in [0.4, 0.5) is 0 Å². The van der Waals surface area contributed by atoms with Gasteiger partial charge in [0.2, 0.25) is 10.0 Å². The summed E-state index contributed by atoms with van der Waals surface area (Å²) in [5.41, 5.74) is 0.134. The lowest BCUT2D eigenvalue weighted by Crippen LogP contribution is -2.28. The Balaban J connectivity index is 2.84. The minimum Gasteiger partial charge on any atom is -0.465 e. The molecule has 0 fully saturated rings. The summed E-state index contributed by atoms with van der Waals surface area (Å²) in [5, 5.41) is 3.15. The topological polar surface area (TPSA) is 84.5 Å². The van der Waals surface area contributed by atoms with Crippen molar-refractivity contribution in [3.63, 3.8) is 0 Å². The first-order valence-electron chi connectivity index (χ1n) is 6.50. The van der Waals surface area contributed by atoms with Crippen LogP contribution >= 0.6 is 11.6 Å². The molecule has 0 heterocycles. The molecule has 0 saturated carbocycles. The van der Waals surface area contributed by atoms with Gasteiger partial charge in [0, 0.05) is 6.54 Å². The van der Waals surface area contributed by atoms with Crippen LogP contribution in [0.25, 0.3) is 0 Å². The summed E-state index contributed by atoms with van der Waals surface area (Å²) in [5.74, 6) is -0.615. The molecule has 0 radical (unpaired) electrons. The second-order valence-electron chi connectivity index (χ2n) is 4.24. The Hall–Kier alpha value is -1.15. The first kappa shape index (κ1) is 17.9. The van der Waals surface area contributed by atoms with Gasteiger partial charge in [-0.2, -0.15) is 0 Å². The van der Waals surface area contributed by atoms with Crippen molar-refractivity contribution in [1.29, 1.82) is 0 Å². The predicted molar refractivity (Wildman–Crippen MR) is 81.1 cm³/mol. The number of nitrogens with one attached hydrogen (secondary N) is 2. The van der Waals surface area contributed by atoms with Crippen molar-refractivity contribution in [3.8, 4) is 0 Å². The van der Waals surface area contributed by atoms with Crippen molar-refractivity contribution >= 4 is 27.6 Å². The fourth-order valence-electron chi connectivity index (χ4n) is 1.63. The zero-order valence-electron chi connectivity index (χ0n) is 12.0. The lowest BCUT2D eigenvalue weighted by molar-refractivity contribution is 0.0600. The number of carbonyl (C=O) groups excluding carboxylic acids is 1. The standard InChI is InChI=1S/C13H19ClN2O4S/c1-3-15-7-4-8-16-21(18,19)12-9-10(13(17)20-2)5-6-11(12)14/h5-6,9,15-16H,3-4,7-8H2,1-2H3. The van der Waals surface area contributed by atoms with Crippen LogP contribution in [0.1, 0.15) is 23.7 Å². The molecule has 1 aromatic rings. The van der Waals surface area contributed by atoms with E-state index < -0.39 is 16.0 Å². The molecule has 1 rings (SSSR count). The zero-order valence-corrected chi connectivity index (χ0v) is 13.6. The highest BCUT2D eigenvalue weighted by molar-refractivity contribution is 7.89. The van der Waals surface area contributed by atoms with Crippen molar-refractivity contribution in [2.24, 2.45) is 0 Å². The number of methoxy groups -OCH3 is 1. The lowest BCUT2D eigenvalue weighted by Gasteiger charge is -2.10. The van der Waals surface area contributed by atoms with Crippen LogP contribution in [0.5, 0.6) is 0 Å². The molecule has 0 bridgehead atoms. The first-order valence-corrected chi connectivity index (χ1v) is 8.36. The van der Waals surface area contributed by atoms with Crippen LogP contribution in [0.15, 0.2) is 23.1 Å². The summed E-state index contributed by atoms with van der Waals surface area (Å²) in [6.07, 6.45) is 0.654. The number of esters is 1. The van der Waals surface area contributed by atoms with Crippen molar-refractivity contribution in [3.05, 3.63) is 28.8 Å². The third kappa shape index (κ3) is 5.28. The van der Waals surface area contributed by atoms with Crippen LogP contribution in [-0.4, -0.2) is 41.1 Å². The molecule has 0 aliphatic carbocycles.